The second kappa shape index (κ2) is 8.16. The maximum absolute atomic E-state index is 13.6. The Labute approximate surface area is 192 Å². The average molecular weight is 447 g/mol. The first-order valence-corrected chi connectivity index (χ1v) is 11.3. The molecule has 3 saturated heterocycles. The zero-order valence-electron chi connectivity index (χ0n) is 18.8. The van der Waals surface area contributed by atoms with E-state index in [2.05, 4.69) is 22.0 Å². The number of nitrogens with zero attached hydrogens (tertiary/aromatic N) is 4. The summed E-state index contributed by atoms with van der Waals surface area (Å²) in [4.78, 5) is 34.0. The average Bonchev–Trinajstić information content (AvgIpc) is 3.37. The number of rotatable bonds is 3. The van der Waals surface area contributed by atoms with Gasteiger partial charge >= 0.3 is 5.97 Å². The molecular weight excluding hydrogens is 420 g/mol. The number of nitriles is 1. The Morgan fingerprint density at radius 1 is 1.24 bits per heavy atom. The van der Waals surface area contributed by atoms with E-state index in [0.717, 1.165) is 18.4 Å². The van der Waals surface area contributed by atoms with Crippen LogP contribution in [0, 0.1) is 18.3 Å². The summed E-state index contributed by atoms with van der Waals surface area (Å²) in [7, 11) is 1.28. The van der Waals surface area contributed by atoms with Gasteiger partial charge in [0.15, 0.2) is 11.3 Å². The predicted octanol–water partition coefficient (Wildman–Crippen LogP) is 3.11. The van der Waals surface area contributed by atoms with Gasteiger partial charge in [-0.1, -0.05) is 30.3 Å². The Kier molecular flexibility index (Phi) is 5.29. The van der Waals surface area contributed by atoms with Gasteiger partial charge in [-0.2, -0.15) is 5.26 Å². The van der Waals surface area contributed by atoms with Crippen LogP contribution in [0.2, 0.25) is 0 Å². The number of pyridine rings is 1. The molecule has 0 aliphatic carbocycles. The maximum Gasteiger partial charge on any atom is 0.341 e. The van der Waals surface area contributed by atoms with Crippen LogP contribution in [0.25, 0.3) is 0 Å². The molecule has 8 heteroatoms. The van der Waals surface area contributed by atoms with Gasteiger partial charge in [0.05, 0.1) is 18.7 Å². The minimum atomic E-state index is -0.798. The molecule has 3 fully saturated rings. The van der Waals surface area contributed by atoms with Crippen molar-refractivity contribution in [3.05, 3.63) is 58.8 Å². The van der Waals surface area contributed by atoms with Crippen LogP contribution in [0.15, 0.2) is 36.4 Å². The third-order valence-electron chi connectivity index (χ3n) is 7.10. The van der Waals surface area contributed by atoms with E-state index in [1.54, 1.807) is 13.0 Å². The number of hydrogen-bond donors (Lipinski definition) is 0. The van der Waals surface area contributed by atoms with Crippen LogP contribution in [-0.2, 0) is 14.3 Å². The van der Waals surface area contributed by atoms with Gasteiger partial charge in [-0.15, -0.1) is 0 Å². The summed E-state index contributed by atoms with van der Waals surface area (Å²) in [5.41, 5.74) is 1.24. The Morgan fingerprint density at radius 2 is 1.97 bits per heavy atom. The third-order valence-corrected chi connectivity index (χ3v) is 7.10. The molecule has 0 N–H and O–H groups in total. The molecule has 3 aliphatic rings. The number of aryl methyl sites for hydroxylation is 1. The van der Waals surface area contributed by atoms with Crippen molar-refractivity contribution in [3.63, 3.8) is 0 Å². The highest BCUT2D eigenvalue weighted by molar-refractivity contribution is 5.93. The molecule has 2 atom stereocenters. The Bertz CT molecular complexity index is 1140. The van der Waals surface area contributed by atoms with Crippen LogP contribution in [0.3, 0.4) is 0 Å². The Morgan fingerprint density at radius 3 is 2.64 bits per heavy atom. The number of piperidine rings is 1. The molecule has 4 heterocycles. The zero-order chi connectivity index (χ0) is 23.2. The number of carbonyl (C=O) groups is 2. The zero-order valence-corrected chi connectivity index (χ0v) is 18.8. The second-order valence-electron chi connectivity index (χ2n) is 8.89. The molecule has 0 saturated carbocycles. The van der Waals surface area contributed by atoms with Gasteiger partial charge in [0, 0.05) is 25.9 Å². The lowest BCUT2D eigenvalue weighted by Crippen LogP contribution is -2.50. The number of hydrogen-bond acceptors (Lipinski definition) is 7. The highest BCUT2D eigenvalue weighted by atomic mass is 16.6. The normalized spacial score (nSPS) is 23.5. The van der Waals surface area contributed by atoms with Crippen molar-refractivity contribution in [2.75, 3.05) is 25.1 Å². The molecular formula is C25H26N4O4. The van der Waals surface area contributed by atoms with Gasteiger partial charge < -0.3 is 19.3 Å². The molecule has 170 valence electrons. The predicted molar refractivity (Wildman–Crippen MR) is 119 cm³/mol. The Hall–Kier alpha value is -3.44. The summed E-state index contributed by atoms with van der Waals surface area (Å²) in [6, 6.07) is 14.0. The van der Waals surface area contributed by atoms with E-state index >= 15 is 0 Å². The van der Waals surface area contributed by atoms with Crippen LogP contribution < -0.4 is 4.90 Å². The minimum Gasteiger partial charge on any atom is -0.465 e. The molecule has 8 nitrogen and oxygen atoms in total. The highest BCUT2D eigenvalue weighted by Gasteiger charge is 2.58. The highest BCUT2D eigenvalue weighted by Crippen LogP contribution is 2.47. The number of esters is 1. The van der Waals surface area contributed by atoms with Gasteiger partial charge in [0.1, 0.15) is 18.1 Å². The first-order valence-electron chi connectivity index (χ1n) is 11.3. The van der Waals surface area contributed by atoms with Crippen molar-refractivity contribution in [1.29, 1.82) is 5.26 Å². The van der Waals surface area contributed by atoms with Crippen LogP contribution in [-0.4, -0.2) is 53.8 Å². The van der Waals surface area contributed by atoms with E-state index < -0.39 is 11.6 Å². The number of carbonyl (C=O) groups excluding carboxylic acids is 2. The molecule has 1 aromatic carbocycles. The van der Waals surface area contributed by atoms with Gasteiger partial charge in [0.2, 0.25) is 0 Å². The number of ether oxygens (including phenoxy) is 2. The number of fused-ring (bicyclic) bond motifs is 1. The van der Waals surface area contributed by atoms with Crippen LogP contribution >= 0.6 is 0 Å². The first kappa shape index (κ1) is 21.4. The van der Waals surface area contributed by atoms with E-state index in [1.807, 2.05) is 29.2 Å². The summed E-state index contributed by atoms with van der Waals surface area (Å²) >= 11 is 0. The summed E-state index contributed by atoms with van der Waals surface area (Å²) in [6.07, 6.45) is 2.70. The number of benzene rings is 1. The van der Waals surface area contributed by atoms with Crippen molar-refractivity contribution < 1.29 is 19.1 Å². The summed E-state index contributed by atoms with van der Waals surface area (Å²) in [5.74, 6) is 0.139. The fourth-order valence-corrected chi connectivity index (χ4v) is 5.40. The summed E-state index contributed by atoms with van der Waals surface area (Å²) < 4.78 is 11.2. The van der Waals surface area contributed by atoms with E-state index in [4.69, 9.17) is 9.47 Å². The molecule has 1 spiro atoms. The number of aromatic nitrogens is 1. The van der Waals surface area contributed by atoms with Crippen molar-refractivity contribution in [1.82, 2.24) is 9.88 Å². The van der Waals surface area contributed by atoms with E-state index in [0.29, 0.717) is 37.3 Å². The van der Waals surface area contributed by atoms with Gasteiger partial charge in [-0.3, -0.25) is 4.79 Å². The fraction of sp³-hybridized carbons (Fsp3) is 0.440. The molecule has 33 heavy (non-hydrogen) atoms. The molecule has 3 aliphatic heterocycles. The largest absolute Gasteiger partial charge is 0.465 e. The monoisotopic (exact) mass is 446 g/mol. The standard InChI is InChI=1S/C25H26N4O4/c1-16-14-20(27-18(15-26)22(16)23(30)32-2)28-12-10-25(11-13-28)24(31)29-19(8-9-21(29)33-25)17-6-4-3-5-7-17/h3-7,14,19,21H,8-13H2,1-2H3/t19-,21+/m0/s1. The van der Waals surface area contributed by atoms with Crippen molar-refractivity contribution >= 4 is 17.7 Å². The van der Waals surface area contributed by atoms with Crippen LogP contribution in [0.4, 0.5) is 5.82 Å². The number of anilines is 1. The lowest BCUT2D eigenvalue weighted by atomic mass is 9.89. The van der Waals surface area contributed by atoms with Crippen LogP contribution in [0.5, 0.6) is 0 Å². The molecule has 1 aromatic heterocycles. The van der Waals surface area contributed by atoms with Crippen LogP contribution in [0.1, 0.15) is 58.9 Å². The van der Waals surface area contributed by atoms with Crippen molar-refractivity contribution in [2.45, 2.75) is 50.5 Å². The van der Waals surface area contributed by atoms with Gasteiger partial charge in [0.25, 0.3) is 5.91 Å². The summed E-state index contributed by atoms with van der Waals surface area (Å²) in [6.45, 7) is 2.93. The number of methoxy groups -OCH3 is 1. The molecule has 0 radical (unpaired) electrons. The quantitative estimate of drug-likeness (QED) is 0.669. The van der Waals surface area contributed by atoms with E-state index in [9.17, 15) is 14.9 Å². The minimum absolute atomic E-state index is 0.0525. The first-order chi connectivity index (χ1) is 16.0. The molecule has 5 rings (SSSR count). The molecule has 0 bridgehead atoms. The van der Waals surface area contributed by atoms with E-state index in [1.165, 1.54) is 7.11 Å². The number of amides is 1. The third kappa shape index (κ3) is 3.44. The fourth-order valence-electron chi connectivity index (χ4n) is 5.40. The lowest BCUT2D eigenvalue weighted by Gasteiger charge is -2.38. The lowest BCUT2D eigenvalue weighted by molar-refractivity contribution is -0.140. The second-order valence-corrected chi connectivity index (χ2v) is 8.89. The molecule has 1 amide bonds. The van der Waals surface area contributed by atoms with Gasteiger partial charge in [-0.25, -0.2) is 9.78 Å². The smallest absolute Gasteiger partial charge is 0.341 e. The Balaban J connectivity index is 1.34. The summed E-state index contributed by atoms with van der Waals surface area (Å²) in [5, 5.41) is 9.51. The van der Waals surface area contributed by atoms with Gasteiger partial charge in [-0.05, 0) is 37.0 Å². The molecule has 0 unspecified atom stereocenters. The maximum atomic E-state index is 13.6. The topological polar surface area (TPSA) is 95.8 Å². The van der Waals surface area contributed by atoms with E-state index in [-0.39, 0.29) is 29.4 Å². The van der Waals surface area contributed by atoms with Crippen molar-refractivity contribution in [3.8, 4) is 6.07 Å². The SMILES string of the molecule is COC(=O)c1c(C)cc(N2CCC3(CC2)O[C@@H]2CC[C@@H](c4ccccc4)N2C3=O)nc1C#N. The van der Waals surface area contributed by atoms with Crippen molar-refractivity contribution in [2.24, 2.45) is 0 Å². The molecule has 2 aromatic rings.